The van der Waals surface area contributed by atoms with E-state index in [0.717, 1.165) is 6.42 Å². The van der Waals surface area contributed by atoms with E-state index in [1.807, 2.05) is 0 Å². The number of aromatic carboxylic acids is 1. The number of carbonyl (C=O) groups is 3. The number of esters is 1. The fourth-order valence-electron chi connectivity index (χ4n) is 3.36. The number of nitrogens with one attached hydrogen (secondary N) is 1. The van der Waals surface area contributed by atoms with Crippen LogP contribution in [0.15, 0.2) is 36.5 Å². The lowest BCUT2D eigenvalue weighted by atomic mass is 9.98. The van der Waals surface area contributed by atoms with Gasteiger partial charge in [0, 0.05) is 23.7 Å². The van der Waals surface area contributed by atoms with Gasteiger partial charge in [-0.25, -0.2) is 9.78 Å². The van der Waals surface area contributed by atoms with Gasteiger partial charge in [-0.15, -0.1) is 0 Å². The Bertz CT molecular complexity index is 948. The molecule has 1 fully saturated rings. The molecule has 0 saturated carbocycles. The average Bonchev–Trinajstić information content (AvgIpc) is 2.74. The van der Waals surface area contributed by atoms with Gasteiger partial charge in [-0.05, 0) is 50.1 Å². The first-order valence-corrected chi connectivity index (χ1v) is 9.98. The van der Waals surface area contributed by atoms with Crippen molar-refractivity contribution in [2.24, 2.45) is 5.92 Å². The van der Waals surface area contributed by atoms with E-state index in [4.69, 9.17) is 16.3 Å². The Morgan fingerprint density at radius 1 is 1.30 bits per heavy atom. The summed E-state index contributed by atoms with van der Waals surface area (Å²) < 4.78 is 5.10. The van der Waals surface area contributed by atoms with Crippen LogP contribution in [-0.4, -0.2) is 47.6 Å². The normalized spacial score (nSPS) is 16.1. The van der Waals surface area contributed by atoms with Crippen LogP contribution in [0.4, 0.5) is 11.5 Å². The number of ether oxygens (including phenoxy) is 1. The first-order valence-electron chi connectivity index (χ1n) is 9.61. The third kappa shape index (κ3) is 5.07. The molecule has 1 amide bonds. The number of anilines is 2. The zero-order chi connectivity index (χ0) is 21.7. The topological polar surface area (TPSA) is 109 Å². The first-order chi connectivity index (χ1) is 14.4. The molecule has 1 aliphatic heterocycles. The molecule has 1 atom stereocenters. The number of rotatable bonds is 6. The summed E-state index contributed by atoms with van der Waals surface area (Å²) in [6.45, 7) is 2.97. The first kappa shape index (κ1) is 21.6. The third-order valence-electron chi connectivity index (χ3n) is 4.80. The van der Waals surface area contributed by atoms with E-state index in [9.17, 15) is 19.5 Å². The molecule has 1 aromatic heterocycles. The second kappa shape index (κ2) is 9.58. The number of hydrogen-bond acceptors (Lipinski definition) is 6. The summed E-state index contributed by atoms with van der Waals surface area (Å²) in [5, 5.41) is 12.8. The molecule has 0 aliphatic carbocycles. The van der Waals surface area contributed by atoms with E-state index in [1.165, 1.54) is 12.3 Å². The Balaban J connectivity index is 1.79. The van der Waals surface area contributed by atoms with Crippen molar-refractivity contribution < 1.29 is 24.2 Å². The Kier molecular flexibility index (Phi) is 6.89. The predicted molar refractivity (Wildman–Crippen MR) is 112 cm³/mol. The maximum Gasteiger partial charge on any atom is 0.339 e. The van der Waals surface area contributed by atoms with Crippen LogP contribution >= 0.6 is 11.6 Å². The molecule has 2 heterocycles. The van der Waals surface area contributed by atoms with Gasteiger partial charge in [-0.2, -0.15) is 0 Å². The Hall–Kier alpha value is -3.13. The van der Waals surface area contributed by atoms with Gasteiger partial charge in [0.2, 0.25) is 0 Å². The van der Waals surface area contributed by atoms with Gasteiger partial charge in [0.05, 0.1) is 24.4 Å². The number of amides is 1. The smallest absolute Gasteiger partial charge is 0.339 e. The van der Waals surface area contributed by atoms with Crippen LogP contribution < -0.4 is 10.2 Å². The van der Waals surface area contributed by atoms with Gasteiger partial charge in [-0.3, -0.25) is 9.59 Å². The van der Waals surface area contributed by atoms with Crippen LogP contribution in [-0.2, 0) is 9.53 Å². The highest BCUT2D eigenvalue weighted by Gasteiger charge is 2.29. The Labute approximate surface area is 178 Å². The number of benzene rings is 1. The summed E-state index contributed by atoms with van der Waals surface area (Å²) in [4.78, 5) is 42.4. The minimum atomic E-state index is -1.17. The Morgan fingerprint density at radius 2 is 2.03 bits per heavy atom. The molecular formula is C21H22ClN3O5. The zero-order valence-corrected chi connectivity index (χ0v) is 17.2. The maximum atomic E-state index is 12.4. The van der Waals surface area contributed by atoms with Gasteiger partial charge in [-0.1, -0.05) is 11.6 Å². The lowest BCUT2D eigenvalue weighted by Crippen LogP contribution is -2.40. The molecular weight excluding hydrogens is 410 g/mol. The maximum absolute atomic E-state index is 12.4. The monoisotopic (exact) mass is 431 g/mol. The highest BCUT2D eigenvalue weighted by Crippen LogP contribution is 2.27. The summed E-state index contributed by atoms with van der Waals surface area (Å²) in [6.07, 6.45) is 2.82. The molecule has 1 aliphatic rings. The molecule has 1 aromatic carbocycles. The number of piperidine rings is 1. The molecule has 158 valence electrons. The van der Waals surface area contributed by atoms with Crippen molar-refractivity contribution in [3.05, 3.63) is 52.7 Å². The zero-order valence-electron chi connectivity index (χ0n) is 16.4. The van der Waals surface area contributed by atoms with Crippen LogP contribution in [0.25, 0.3) is 0 Å². The van der Waals surface area contributed by atoms with Crippen molar-refractivity contribution >= 4 is 41.0 Å². The minimum absolute atomic E-state index is 0.0478. The van der Waals surface area contributed by atoms with Gasteiger partial charge < -0.3 is 20.1 Å². The van der Waals surface area contributed by atoms with Crippen LogP contribution in [0.3, 0.4) is 0 Å². The minimum Gasteiger partial charge on any atom is -0.478 e. The molecule has 2 aromatic rings. The lowest BCUT2D eigenvalue weighted by molar-refractivity contribution is -0.148. The Morgan fingerprint density at radius 3 is 2.70 bits per heavy atom. The number of pyridine rings is 1. The molecule has 1 saturated heterocycles. The molecule has 2 N–H and O–H groups in total. The van der Waals surface area contributed by atoms with Crippen LogP contribution in [0.2, 0.25) is 5.02 Å². The summed E-state index contributed by atoms with van der Waals surface area (Å²) in [6, 6.07) is 7.70. The van der Waals surface area contributed by atoms with Crippen LogP contribution in [0.1, 0.15) is 40.5 Å². The summed E-state index contributed by atoms with van der Waals surface area (Å²) in [7, 11) is 0. The van der Waals surface area contributed by atoms with E-state index in [-0.39, 0.29) is 29.0 Å². The van der Waals surface area contributed by atoms with Crippen molar-refractivity contribution in [3.63, 3.8) is 0 Å². The van der Waals surface area contributed by atoms with E-state index in [0.29, 0.717) is 36.7 Å². The average molecular weight is 432 g/mol. The van der Waals surface area contributed by atoms with Gasteiger partial charge in [0.25, 0.3) is 5.91 Å². The predicted octanol–water partition coefficient (Wildman–Crippen LogP) is 3.47. The quantitative estimate of drug-likeness (QED) is 0.674. The van der Waals surface area contributed by atoms with Crippen LogP contribution in [0.5, 0.6) is 0 Å². The summed E-state index contributed by atoms with van der Waals surface area (Å²) in [5.74, 6) is -1.92. The number of aromatic nitrogens is 1. The molecule has 30 heavy (non-hydrogen) atoms. The van der Waals surface area contributed by atoms with E-state index in [2.05, 4.69) is 10.3 Å². The number of carboxylic acid groups (broad SMARTS) is 1. The number of carbonyl (C=O) groups excluding carboxylic acids is 2. The molecule has 3 rings (SSSR count). The van der Waals surface area contributed by atoms with Crippen molar-refractivity contribution in [3.8, 4) is 0 Å². The van der Waals surface area contributed by atoms with E-state index in [1.54, 1.807) is 36.1 Å². The largest absolute Gasteiger partial charge is 0.478 e. The van der Waals surface area contributed by atoms with Crippen molar-refractivity contribution in [2.45, 2.75) is 19.8 Å². The number of carboxylic acids is 1. The molecule has 0 bridgehead atoms. The lowest BCUT2D eigenvalue weighted by Gasteiger charge is -2.33. The second-order valence-corrected chi connectivity index (χ2v) is 7.33. The molecule has 0 radical (unpaired) electrons. The second-order valence-electron chi connectivity index (χ2n) is 6.90. The number of nitrogens with zero attached hydrogens (tertiary/aromatic N) is 2. The fourth-order valence-corrected chi connectivity index (χ4v) is 3.49. The molecule has 0 unspecified atom stereocenters. The molecule has 8 nitrogen and oxygen atoms in total. The van der Waals surface area contributed by atoms with Crippen molar-refractivity contribution in [1.29, 1.82) is 0 Å². The van der Waals surface area contributed by atoms with Crippen molar-refractivity contribution in [2.75, 3.05) is 29.9 Å². The summed E-state index contributed by atoms with van der Waals surface area (Å²) in [5.41, 5.74) is 0.595. The van der Waals surface area contributed by atoms with Crippen molar-refractivity contribution in [1.82, 2.24) is 4.98 Å². The standard InChI is InChI=1S/C21H22ClN3O5/c1-2-30-21(29)14-4-3-9-25(12-14)18-17(20(27)28)10-16(11-23-18)24-19(26)13-5-7-15(22)8-6-13/h5-8,10-11,14H,2-4,9,12H2,1H3,(H,24,26)(H,27,28)/t14-/m1/s1. The van der Waals surface area contributed by atoms with Crippen LogP contribution in [0, 0.1) is 5.92 Å². The third-order valence-corrected chi connectivity index (χ3v) is 5.05. The van der Waals surface area contributed by atoms with Gasteiger partial charge >= 0.3 is 11.9 Å². The number of halogens is 1. The molecule has 0 spiro atoms. The summed E-state index contributed by atoms with van der Waals surface area (Å²) >= 11 is 5.83. The highest BCUT2D eigenvalue weighted by molar-refractivity contribution is 6.30. The molecule has 9 heteroatoms. The van der Waals surface area contributed by atoms with Gasteiger partial charge in [0.1, 0.15) is 11.4 Å². The van der Waals surface area contributed by atoms with Gasteiger partial charge in [0.15, 0.2) is 0 Å². The SMILES string of the molecule is CCOC(=O)[C@@H]1CCCN(c2ncc(NC(=O)c3ccc(Cl)cc3)cc2C(=O)O)C1. The fraction of sp³-hybridized carbons (Fsp3) is 0.333. The highest BCUT2D eigenvalue weighted by atomic mass is 35.5. The van der Waals surface area contributed by atoms with E-state index < -0.39 is 11.9 Å². The number of hydrogen-bond donors (Lipinski definition) is 2. The van der Waals surface area contributed by atoms with E-state index >= 15 is 0 Å².